The molecule has 1 aliphatic heterocycles. The summed E-state index contributed by atoms with van der Waals surface area (Å²) in [6, 6.07) is 3.50. The summed E-state index contributed by atoms with van der Waals surface area (Å²) in [5.41, 5.74) is 3.15. The van der Waals surface area contributed by atoms with E-state index in [9.17, 15) is 9.18 Å². The molecule has 0 aromatic carbocycles. The van der Waals surface area contributed by atoms with Crippen LogP contribution in [0.2, 0.25) is 0 Å². The van der Waals surface area contributed by atoms with Crippen molar-refractivity contribution in [2.75, 3.05) is 16.8 Å². The first-order chi connectivity index (χ1) is 18.4. The molecule has 2 saturated carbocycles. The highest BCUT2D eigenvalue weighted by molar-refractivity contribution is 5.94. The number of nitrogens with zero attached hydrogens (tertiary/aromatic N) is 7. The van der Waals surface area contributed by atoms with Crippen molar-refractivity contribution in [1.82, 2.24) is 29.3 Å². The van der Waals surface area contributed by atoms with E-state index in [1.54, 1.807) is 19.2 Å². The smallest absolute Gasteiger partial charge is 0.234 e. The van der Waals surface area contributed by atoms with Crippen LogP contribution in [0.4, 0.5) is 16.0 Å². The van der Waals surface area contributed by atoms with Crippen molar-refractivity contribution in [3.63, 3.8) is 0 Å². The number of rotatable bonds is 6. The summed E-state index contributed by atoms with van der Waals surface area (Å²) in [5.74, 6) is 1.96. The molecule has 10 heteroatoms. The van der Waals surface area contributed by atoms with E-state index < -0.39 is 0 Å². The molecule has 194 valence electrons. The second-order valence-electron chi connectivity index (χ2n) is 11.1. The van der Waals surface area contributed by atoms with E-state index in [1.807, 2.05) is 16.7 Å². The molecule has 7 rings (SSSR count). The van der Waals surface area contributed by atoms with Crippen molar-refractivity contribution in [1.29, 1.82) is 0 Å². The number of aromatic nitrogens is 6. The second kappa shape index (κ2) is 8.82. The summed E-state index contributed by atoms with van der Waals surface area (Å²) < 4.78 is 16.5. The van der Waals surface area contributed by atoms with Gasteiger partial charge in [-0.15, -0.1) is 0 Å². The lowest BCUT2D eigenvalue weighted by Gasteiger charge is -2.24. The fourth-order valence-corrected chi connectivity index (χ4v) is 5.68. The molecule has 1 N–H and O–H groups in total. The highest BCUT2D eigenvalue weighted by atomic mass is 19.1. The number of hydrogen-bond donors (Lipinski definition) is 1. The number of imidazole rings is 1. The summed E-state index contributed by atoms with van der Waals surface area (Å²) in [5, 5.41) is 2.91. The number of nitrogens with one attached hydrogen (secondary N) is 1. The van der Waals surface area contributed by atoms with E-state index in [-0.39, 0.29) is 29.6 Å². The topological polar surface area (TPSA) is 101 Å². The summed E-state index contributed by atoms with van der Waals surface area (Å²) >= 11 is 0. The Labute approximate surface area is 219 Å². The van der Waals surface area contributed by atoms with E-state index in [1.165, 1.54) is 24.7 Å². The Hall–Kier alpha value is -3.95. The Morgan fingerprint density at radius 3 is 2.84 bits per heavy atom. The van der Waals surface area contributed by atoms with Gasteiger partial charge in [0.1, 0.15) is 23.8 Å². The Kier molecular flexibility index (Phi) is 5.38. The van der Waals surface area contributed by atoms with Crippen LogP contribution in [0.1, 0.15) is 73.0 Å². The number of carbonyl (C=O) groups excluding carboxylic acids is 1. The first-order valence-corrected chi connectivity index (χ1v) is 13.3. The lowest BCUT2D eigenvalue weighted by Crippen LogP contribution is -2.25. The number of fused-ring (bicyclic) bond motifs is 1. The van der Waals surface area contributed by atoms with E-state index in [4.69, 9.17) is 4.98 Å². The van der Waals surface area contributed by atoms with Gasteiger partial charge in [-0.1, -0.05) is 6.92 Å². The van der Waals surface area contributed by atoms with Gasteiger partial charge < -0.3 is 10.2 Å². The van der Waals surface area contributed by atoms with E-state index in [0.717, 1.165) is 24.5 Å². The minimum atomic E-state index is -0.322. The molecular formula is C28H29FN8O. The van der Waals surface area contributed by atoms with Gasteiger partial charge in [-0.3, -0.25) is 14.2 Å². The van der Waals surface area contributed by atoms with Crippen molar-refractivity contribution < 1.29 is 9.18 Å². The van der Waals surface area contributed by atoms with E-state index >= 15 is 0 Å². The first kappa shape index (κ1) is 23.2. The Morgan fingerprint density at radius 2 is 2.00 bits per heavy atom. The average Bonchev–Trinajstić information content (AvgIpc) is 3.83. The number of carbonyl (C=O) groups is 1. The fourth-order valence-electron chi connectivity index (χ4n) is 5.68. The molecule has 2 aliphatic carbocycles. The summed E-state index contributed by atoms with van der Waals surface area (Å²) in [4.78, 5) is 37.6. The maximum atomic E-state index is 14.5. The molecule has 0 bridgehead atoms. The predicted molar refractivity (Wildman–Crippen MR) is 139 cm³/mol. The maximum Gasteiger partial charge on any atom is 0.234 e. The van der Waals surface area contributed by atoms with E-state index in [2.05, 4.69) is 49.5 Å². The Bertz CT molecular complexity index is 1550. The molecule has 4 atom stereocenters. The predicted octanol–water partition coefficient (Wildman–Crippen LogP) is 4.57. The number of aryl methyl sites for hydroxylation is 1. The van der Waals surface area contributed by atoms with Crippen molar-refractivity contribution >= 4 is 23.3 Å². The molecule has 0 spiro atoms. The lowest BCUT2D eigenvalue weighted by molar-refractivity contribution is -0.117. The molecular weight excluding hydrogens is 483 g/mol. The van der Waals surface area contributed by atoms with Crippen LogP contribution in [-0.2, 0) is 4.79 Å². The minimum Gasteiger partial charge on any atom is -0.347 e. The third-order valence-electron chi connectivity index (χ3n) is 8.03. The maximum absolute atomic E-state index is 14.5. The number of pyridine rings is 1. The van der Waals surface area contributed by atoms with Gasteiger partial charge in [-0.25, -0.2) is 24.3 Å². The third kappa shape index (κ3) is 4.17. The summed E-state index contributed by atoms with van der Waals surface area (Å²) in [7, 11) is 0. The average molecular weight is 513 g/mol. The third-order valence-corrected chi connectivity index (χ3v) is 8.03. The molecule has 5 heterocycles. The molecule has 38 heavy (non-hydrogen) atoms. The van der Waals surface area contributed by atoms with Crippen LogP contribution in [0.5, 0.6) is 0 Å². The molecule has 9 nitrogen and oxygen atoms in total. The lowest BCUT2D eigenvalue weighted by atomic mass is 10.1. The first-order valence-electron chi connectivity index (χ1n) is 13.3. The van der Waals surface area contributed by atoms with Crippen LogP contribution in [0, 0.1) is 24.6 Å². The van der Waals surface area contributed by atoms with Gasteiger partial charge in [-0.05, 0) is 61.6 Å². The number of anilines is 2. The van der Waals surface area contributed by atoms with Crippen molar-refractivity contribution in [2.24, 2.45) is 11.8 Å². The molecule has 3 fully saturated rings. The highest BCUT2D eigenvalue weighted by Gasteiger charge is 2.46. The van der Waals surface area contributed by atoms with Gasteiger partial charge in [0.15, 0.2) is 0 Å². The van der Waals surface area contributed by atoms with Gasteiger partial charge >= 0.3 is 0 Å². The molecule has 1 amide bonds. The van der Waals surface area contributed by atoms with Crippen molar-refractivity contribution in [2.45, 2.75) is 57.4 Å². The largest absolute Gasteiger partial charge is 0.347 e. The molecule has 4 aromatic rings. The summed E-state index contributed by atoms with van der Waals surface area (Å²) in [6.07, 6.45) is 13.2. The molecule has 0 unspecified atom stereocenters. The number of amides is 1. The second-order valence-corrected chi connectivity index (χ2v) is 11.1. The van der Waals surface area contributed by atoms with Crippen LogP contribution >= 0.6 is 0 Å². The van der Waals surface area contributed by atoms with Crippen LogP contribution in [0.3, 0.4) is 0 Å². The van der Waals surface area contributed by atoms with Gasteiger partial charge in [-0.2, -0.15) is 0 Å². The standard InChI is InChI=1S/C28H29FN8O/c1-15-7-22(21-13-36-12-18(17-3-4-17)10-31-28(36)34-21)37(11-15)24-9-23(32-14-33-24)35-27(38)20-8-19(20)26-25(29)16(2)5-6-30-26/h5-6,9-10,12-15,17,19-20,22H,3-4,7-8,11H2,1-2H3,(H,32,33,35,38)/t15-,19-,20-,22+/m0/s1. The number of hydrogen-bond acceptors (Lipinski definition) is 7. The minimum absolute atomic E-state index is 0.0534. The van der Waals surface area contributed by atoms with Crippen LogP contribution in [0.15, 0.2) is 43.2 Å². The van der Waals surface area contributed by atoms with Gasteiger partial charge in [0.05, 0.1) is 17.4 Å². The Balaban J connectivity index is 1.09. The molecule has 1 saturated heterocycles. The number of halogens is 1. The molecule has 0 radical (unpaired) electrons. The van der Waals surface area contributed by atoms with Crippen LogP contribution < -0.4 is 10.2 Å². The highest BCUT2D eigenvalue weighted by Crippen LogP contribution is 2.48. The van der Waals surface area contributed by atoms with Crippen molar-refractivity contribution in [3.8, 4) is 0 Å². The molecule has 3 aliphatic rings. The Morgan fingerprint density at radius 1 is 1.13 bits per heavy atom. The zero-order valence-electron chi connectivity index (χ0n) is 21.4. The van der Waals surface area contributed by atoms with E-state index in [0.29, 0.717) is 41.1 Å². The van der Waals surface area contributed by atoms with Gasteiger partial charge in [0, 0.05) is 49.2 Å². The monoisotopic (exact) mass is 512 g/mol. The quantitative estimate of drug-likeness (QED) is 0.404. The zero-order chi connectivity index (χ0) is 26.0. The van der Waals surface area contributed by atoms with Crippen LogP contribution in [0.25, 0.3) is 5.78 Å². The molecule has 4 aromatic heterocycles. The summed E-state index contributed by atoms with van der Waals surface area (Å²) in [6.45, 7) is 4.76. The SMILES string of the molecule is Cc1ccnc([C@H]2C[C@@H]2C(=O)Nc2cc(N3C[C@@H](C)C[C@@H]3c3cn4cc(C5CC5)cnc4n3)ncn2)c1F. The van der Waals surface area contributed by atoms with Gasteiger partial charge in [0.25, 0.3) is 0 Å². The van der Waals surface area contributed by atoms with Gasteiger partial charge in [0.2, 0.25) is 11.7 Å². The van der Waals surface area contributed by atoms with Crippen molar-refractivity contribution in [3.05, 3.63) is 71.6 Å². The fraction of sp³-hybridized carbons (Fsp3) is 0.429. The normalized spacial score (nSPS) is 24.7. The van der Waals surface area contributed by atoms with Crippen LogP contribution in [-0.4, -0.2) is 41.8 Å². The zero-order valence-corrected chi connectivity index (χ0v) is 21.4.